The number of aliphatic carboxylic acids is 1. The van der Waals surface area contributed by atoms with Crippen molar-refractivity contribution in [3.05, 3.63) is 84.1 Å². The number of carboxylic acid groups (broad SMARTS) is 1. The smallest absolute Gasteiger partial charge is 0.323 e. The Kier molecular flexibility index (Phi) is 5.02. The maximum Gasteiger partial charge on any atom is 0.323 e. The van der Waals surface area contributed by atoms with Crippen LogP contribution in [0.25, 0.3) is 27.8 Å². The van der Waals surface area contributed by atoms with E-state index in [0.29, 0.717) is 11.3 Å². The van der Waals surface area contributed by atoms with Crippen molar-refractivity contribution in [2.75, 3.05) is 5.32 Å². The molecule has 4 aromatic rings. The first-order valence-electron chi connectivity index (χ1n) is 9.27. The molecule has 0 spiro atoms. The highest BCUT2D eigenvalue weighted by molar-refractivity contribution is 6.11. The number of nitriles is 1. The molecular weight excluding hydrogens is 378 g/mol. The van der Waals surface area contributed by atoms with E-state index in [9.17, 15) is 14.9 Å². The van der Waals surface area contributed by atoms with Gasteiger partial charge in [-0.05, 0) is 35.0 Å². The van der Waals surface area contributed by atoms with Crippen LogP contribution < -0.4 is 5.32 Å². The number of carbonyl (C=O) groups excluding carboxylic acids is 1. The average molecular weight is 395 g/mol. The van der Waals surface area contributed by atoms with Gasteiger partial charge in [-0.2, -0.15) is 5.26 Å². The summed E-state index contributed by atoms with van der Waals surface area (Å²) in [6.45, 7) is -0.209. The molecule has 1 aromatic heterocycles. The minimum atomic E-state index is -0.971. The zero-order valence-corrected chi connectivity index (χ0v) is 15.9. The van der Waals surface area contributed by atoms with Crippen LogP contribution >= 0.6 is 0 Å². The van der Waals surface area contributed by atoms with Gasteiger partial charge in [0.1, 0.15) is 18.2 Å². The molecule has 6 nitrogen and oxygen atoms in total. The van der Waals surface area contributed by atoms with Crippen molar-refractivity contribution in [2.24, 2.45) is 0 Å². The largest absolute Gasteiger partial charge is 0.480 e. The molecule has 1 amide bonds. The highest BCUT2D eigenvalue weighted by Crippen LogP contribution is 2.24. The lowest BCUT2D eigenvalue weighted by molar-refractivity contribution is -0.137. The number of carboxylic acids is 1. The van der Waals surface area contributed by atoms with E-state index in [0.717, 1.165) is 21.7 Å². The number of nitrogens with zero attached hydrogens (tertiary/aromatic N) is 2. The molecule has 2 N–H and O–H groups in total. The van der Waals surface area contributed by atoms with Crippen molar-refractivity contribution >= 4 is 45.3 Å². The maximum absolute atomic E-state index is 12.7. The standard InChI is InChI=1S/C24H17N3O3/c25-13-18(24(30)26-20-10-9-16-5-1-2-6-17(16)12-20)11-19-14-27(15-23(28)29)22-8-4-3-7-21(19)22/h1-12,14H,15H2,(H,26,30)(H,28,29)/b18-11+. The Bertz CT molecular complexity index is 1360. The summed E-state index contributed by atoms with van der Waals surface area (Å²) in [6, 6.07) is 22.5. The van der Waals surface area contributed by atoms with Crippen molar-refractivity contribution < 1.29 is 14.7 Å². The molecule has 146 valence electrons. The third kappa shape index (κ3) is 3.77. The van der Waals surface area contributed by atoms with Gasteiger partial charge in [0.25, 0.3) is 5.91 Å². The summed E-state index contributed by atoms with van der Waals surface area (Å²) < 4.78 is 1.58. The first kappa shape index (κ1) is 19.0. The van der Waals surface area contributed by atoms with Gasteiger partial charge in [-0.25, -0.2) is 0 Å². The minimum Gasteiger partial charge on any atom is -0.480 e. The molecule has 4 rings (SSSR count). The monoisotopic (exact) mass is 395 g/mol. The number of hydrogen-bond donors (Lipinski definition) is 2. The number of hydrogen-bond acceptors (Lipinski definition) is 3. The van der Waals surface area contributed by atoms with Gasteiger partial charge in [0.15, 0.2) is 0 Å². The Balaban J connectivity index is 1.67. The number of para-hydroxylation sites is 1. The van der Waals surface area contributed by atoms with Crippen LogP contribution in [0.4, 0.5) is 5.69 Å². The fraction of sp³-hybridized carbons (Fsp3) is 0.0417. The zero-order valence-electron chi connectivity index (χ0n) is 15.9. The lowest BCUT2D eigenvalue weighted by atomic mass is 10.1. The average Bonchev–Trinajstić information content (AvgIpc) is 3.08. The number of anilines is 1. The molecule has 0 aliphatic rings. The minimum absolute atomic E-state index is 0.0682. The van der Waals surface area contributed by atoms with Crippen molar-refractivity contribution in [1.82, 2.24) is 4.57 Å². The summed E-state index contributed by atoms with van der Waals surface area (Å²) in [5.41, 5.74) is 1.85. The lowest BCUT2D eigenvalue weighted by Crippen LogP contribution is -2.13. The van der Waals surface area contributed by atoms with Gasteiger partial charge in [-0.15, -0.1) is 0 Å². The van der Waals surface area contributed by atoms with E-state index in [4.69, 9.17) is 5.11 Å². The van der Waals surface area contributed by atoms with Gasteiger partial charge < -0.3 is 15.0 Å². The first-order chi connectivity index (χ1) is 14.5. The van der Waals surface area contributed by atoms with E-state index in [-0.39, 0.29) is 12.1 Å². The summed E-state index contributed by atoms with van der Waals surface area (Å²) >= 11 is 0. The predicted molar refractivity (Wildman–Crippen MR) is 116 cm³/mol. The Hall–Kier alpha value is -4.37. The second kappa shape index (κ2) is 7.94. The number of aromatic nitrogens is 1. The topological polar surface area (TPSA) is 95.1 Å². The SMILES string of the molecule is N#C/C(=C\c1cn(CC(=O)O)c2ccccc12)C(=O)Nc1ccc2ccccc2c1. The molecule has 30 heavy (non-hydrogen) atoms. The molecule has 0 aliphatic carbocycles. The Morgan fingerprint density at radius 3 is 2.53 bits per heavy atom. The molecule has 3 aromatic carbocycles. The van der Waals surface area contributed by atoms with Gasteiger partial charge in [0.2, 0.25) is 0 Å². The van der Waals surface area contributed by atoms with Crippen molar-refractivity contribution in [3.8, 4) is 6.07 Å². The second-order valence-electron chi connectivity index (χ2n) is 6.81. The molecule has 6 heteroatoms. The van der Waals surface area contributed by atoms with Crippen LogP contribution in [0, 0.1) is 11.3 Å². The van der Waals surface area contributed by atoms with E-state index in [1.54, 1.807) is 22.9 Å². The van der Waals surface area contributed by atoms with Crippen LogP contribution in [0.1, 0.15) is 5.56 Å². The molecule has 0 fully saturated rings. The highest BCUT2D eigenvalue weighted by atomic mass is 16.4. The van der Waals surface area contributed by atoms with E-state index in [1.165, 1.54) is 6.08 Å². The van der Waals surface area contributed by atoms with E-state index < -0.39 is 11.9 Å². The molecular formula is C24H17N3O3. The summed E-state index contributed by atoms with van der Waals surface area (Å²) in [6.07, 6.45) is 3.12. The first-order valence-corrected chi connectivity index (χ1v) is 9.27. The molecule has 0 atom stereocenters. The lowest BCUT2D eigenvalue weighted by Gasteiger charge is -2.06. The predicted octanol–water partition coefficient (Wildman–Crippen LogP) is 4.42. The number of amides is 1. The van der Waals surface area contributed by atoms with Gasteiger partial charge in [0, 0.05) is 28.4 Å². The highest BCUT2D eigenvalue weighted by Gasteiger charge is 2.14. The Morgan fingerprint density at radius 2 is 1.77 bits per heavy atom. The van der Waals surface area contributed by atoms with Crippen molar-refractivity contribution in [3.63, 3.8) is 0 Å². The van der Waals surface area contributed by atoms with Gasteiger partial charge >= 0.3 is 5.97 Å². The summed E-state index contributed by atoms with van der Waals surface area (Å²) in [7, 11) is 0. The third-order valence-electron chi connectivity index (χ3n) is 4.80. The number of nitrogens with one attached hydrogen (secondary N) is 1. The normalized spacial score (nSPS) is 11.4. The summed E-state index contributed by atoms with van der Waals surface area (Å²) in [4.78, 5) is 23.9. The Labute approximate surface area is 172 Å². The zero-order chi connectivity index (χ0) is 21.1. The third-order valence-corrected chi connectivity index (χ3v) is 4.80. The van der Waals surface area contributed by atoms with Gasteiger partial charge in [0.05, 0.1) is 0 Å². The molecule has 0 aliphatic heterocycles. The fourth-order valence-electron chi connectivity index (χ4n) is 3.44. The quantitative estimate of drug-likeness (QED) is 0.386. The van der Waals surface area contributed by atoms with Crippen LogP contribution in [-0.2, 0) is 16.1 Å². The van der Waals surface area contributed by atoms with Gasteiger partial charge in [-0.1, -0.05) is 48.5 Å². The molecule has 0 bridgehead atoms. The van der Waals surface area contributed by atoms with E-state index >= 15 is 0 Å². The van der Waals surface area contributed by atoms with E-state index in [2.05, 4.69) is 5.32 Å². The number of benzene rings is 3. The molecule has 0 saturated carbocycles. The van der Waals surface area contributed by atoms with E-state index in [1.807, 2.05) is 60.7 Å². The van der Waals surface area contributed by atoms with Crippen molar-refractivity contribution in [2.45, 2.75) is 6.54 Å². The number of carbonyl (C=O) groups is 2. The summed E-state index contributed by atoms with van der Waals surface area (Å²) in [5.74, 6) is -1.50. The fourth-order valence-corrected chi connectivity index (χ4v) is 3.44. The molecule has 0 radical (unpaired) electrons. The second-order valence-corrected chi connectivity index (χ2v) is 6.81. The van der Waals surface area contributed by atoms with Crippen LogP contribution in [0.3, 0.4) is 0 Å². The van der Waals surface area contributed by atoms with Crippen LogP contribution in [0.15, 0.2) is 78.5 Å². The van der Waals surface area contributed by atoms with Crippen molar-refractivity contribution in [1.29, 1.82) is 5.26 Å². The number of rotatable bonds is 5. The van der Waals surface area contributed by atoms with Crippen LogP contribution in [-0.4, -0.2) is 21.6 Å². The van der Waals surface area contributed by atoms with Crippen LogP contribution in [0.5, 0.6) is 0 Å². The van der Waals surface area contributed by atoms with Gasteiger partial charge in [-0.3, -0.25) is 9.59 Å². The Morgan fingerprint density at radius 1 is 1.03 bits per heavy atom. The van der Waals surface area contributed by atoms with Crippen LogP contribution in [0.2, 0.25) is 0 Å². The number of fused-ring (bicyclic) bond motifs is 2. The maximum atomic E-state index is 12.7. The summed E-state index contributed by atoms with van der Waals surface area (Å²) in [5, 5.41) is 24.3. The molecule has 0 saturated heterocycles. The molecule has 1 heterocycles. The molecule has 0 unspecified atom stereocenters.